The van der Waals surface area contributed by atoms with Crippen LogP contribution in [0.25, 0.3) is 0 Å². The van der Waals surface area contributed by atoms with Crippen molar-refractivity contribution in [1.82, 2.24) is 14.9 Å². The highest BCUT2D eigenvalue weighted by Gasteiger charge is 2.42. The van der Waals surface area contributed by atoms with Gasteiger partial charge in [-0.25, -0.2) is 9.97 Å². The van der Waals surface area contributed by atoms with Gasteiger partial charge in [0.05, 0.1) is 6.61 Å². The Bertz CT molecular complexity index is 572. The van der Waals surface area contributed by atoms with Gasteiger partial charge in [-0.05, 0) is 39.2 Å². The molecule has 1 amide bonds. The molecule has 2 saturated heterocycles. The molecule has 1 unspecified atom stereocenters. The fraction of sp³-hybridized carbons (Fsp3) is 0.706. The Balaban J connectivity index is 1.78. The van der Waals surface area contributed by atoms with E-state index in [0.29, 0.717) is 13.0 Å². The van der Waals surface area contributed by atoms with E-state index in [4.69, 9.17) is 0 Å². The number of nitrogens with zero attached hydrogens (tertiary/aromatic N) is 4. The third kappa shape index (κ3) is 3.47. The van der Waals surface area contributed by atoms with Crippen molar-refractivity contribution < 1.29 is 9.90 Å². The van der Waals surface area contributed by atoms with Crippen molar-refractivity contribution in [2.75, 3.05) is 37.7 Å². The van der Waals surface area contributed by atoms with Crippen LogP contribution in [0.4, 0.5) is 5.95 Å². The first kappa shape index (κ1) is 16.2. The van der Waals surface area contributed by atoms with Crippen LogP contribution in [0.1, 0.15) is 37.1 Å². The predicted octanol–water partition coefficient (Wildman–Crippen LogP) is 1.29. The molecule has 0 radical (unpaired) electrons. The third-order valence-electron chi connectivity index (χ3n) is 5.03. The molecule has 6 nitrogen and oxygen atoms in total. The van der Waals surface area contributed by atoms with E-state index in [1.807, 2.05) is 24.8 Å². The largest absolute Gasteiger partial charge is 0.395 e. The van der Waals surface area contributed by atoms with E-state index < -0.39 is 0 Å². The molecule has 1 spiro atoms. The number of rotatable bonds is 3. The van der Waals surface area contributed by atoms with Gasteiger partial charge in [0.2, 0.25) is 11.9 Å². The van der Waals surface area contributed by atoms with E-state index in [-0.39, 0.29) is 17.9 Å². The molecule has 1 atom stereocenters. The fourth-order valence-corrected chi connectivity index (χ4v) is 3.99. The third-order valence-corrected chi connectivity index (χ3v) is 5.03. The van der Waals surface area contributed by atoms with E-state index in [1.165, 1.54) is 0 Å². The first-order valence-corrected chi connectivity index (χ1v) is 8.47. The second kappa shape index (κ2) is 6.43. The molecule has 1 N–H and O–H groups in total. The van der Waals surface area contributed by atoms with Gasteiger partial charge in [-0.3, -0.25) is 4.79 Å². The summed E-state index contributed by atoms with van der Waals surface area (Å²) in [5.74, 6) is 0.983. The molecule has 0 aliphatic carbocycles. The molecule has 2 aliphatic heterocycles. The maximum atomic E-state index is 12.0. The van der Waals surface area contributed by atoms with Gasteiger partial charge in [-0.15, -0.1) is 0 Å². The molecule has 3 heterocycles. The molecule has 23 heavy (non-hydrogen) atoms. The van der Waals surface area contributed by atoms with Crippen LogP contribution in [0, 0.1) is 19.3 Å². The molecule has 2 fully saturated rings. The van der Waals surface area contributed by atoms with E-state index in [0.717, 1.165) is 56.2 Å². The number of piperidine rings is 2. The van der Waals surface area contributed by atoms with Crippen LogP contribution in [0.5, 0.6) is 0 Å². The number of aromatic nitrogens is 2. The highest BCUT2D eigenvalue weighted by Crippen LogP contribution is 2.39. The summed E-state index contributed by atoms with van der Waals surface area (Å²) in [6, 6.07) is 1.99. The normalized spacial score (nSPS) is 25.3. The number of aryl methyl sites for hydroxylation is 2. The summed E-state index contributed by atoms with van der Waals surface area (Å²) in [6.07, 6.45) is 3.73. The van der Waals surface area contributed by atoms with Crippen molar-refractivity contribution in [3.63, 3.8) is 0 Å². The zero-order valence-electron chi connectivity index (χ0n) is 14.1. The van der Waals surface area contributed by atoms with Gasteiger partial charge in [0.25, 0.3) is 0 Å². The molecule has 0 bridgehead atoms. The van der Waals surface area contributed by atoms with Crippen LogP contribution in [0.2, 0.25) is 0 Å². The van der Waals surface area contributed by atoms with Gasteiger partial charge in [0.1, 0.15) is 0 Å². The highest BCUT2D eigenvalue weighted by molar-refractivity contribution is 5.77. The van der Waals surface area contributed by atoms with Crippen molar-refractivity contribution in [1.29, 1.82) is 0 Å². The fourth-order valence-electron chi connectivity index (χ4n) is 3.99. The first-order chi connectivity index (χ1) is 11.0. The molecule has 1 aromatic rings. The lowest BCUT2D eigenvalue weighted by Gasteiger charge is -2.48. The Morgan fingerprint density at radius 3 is 2.65 bits per heavy atom. The van der Waals surface area contributed by atoms with E-state index in [9.17, 15) is 9.90 Å². The van der Waals surface area contributed by atoms with Crippen LogP contribution < -0.4 is 4.90 Å². The second-order valence-corrected chi connectivity index (χ2v) is 7.01. The number of β-amino-alcohol motifs (C(OH)–C–C–N with tert-alkyl or cyclic N) is 1. The van der Waals surface area contributed by atoms with Gasteiger partial charge in [0.15, 0.2) is 0 Å². The summed E-state index contributed by atoms with van der Waals surface area (Å²) in [7, 11) is 0. The zero-order valence-corrected chi connectivity index (χ0v) is 14.1. The lowest BCUT2D eigenvalue weighted by molar-refractivity contribution is -0.138. The summed E-state index contributed by atoms with van der Waals surface area (Å²) in [6.45, 7) is 7.09. The number of hydrogen-bond acceptors (Lipinski definition) is 5. The number of aliphatic hydroxyl groups is 1. The standard InChI is InChI=1S/C17H26N4O2/c1-13-10-14(2)19-16(18-13)21-7-3-5-17(12-21)6-4-15(23)20(11-17)8-9-22/h10,22H,3-9,11-12H2,1-2H3. The minimum Gasteiger partial charge on any atom is -0.395 e. The maximum absolute atomic E-state index is 12.0. The Morgan fingerprint density at radius 1 is 1.22 bits per heavy atom. The minimum absolute atomic E-state index is 0.0335. The Hall–Kier alpha value is -1.69. The number of anilines is 1. The first-order valence-electron chi connectivity index (χ1n) is 8.47. The van der Waals surface area contributed by atoms with Crippen molar-refractivity contribution in [2.45, 2.75) is 39.5 Å². The summed E-state index contributed by atoms with van der Waals surface area (Å²) >= 11 is 0. The summed E-state index contributed by atoms with van der Waals surface area (Å²) in [5.41, 5.74) is 2.10. The van der Waals surface area contributed by atoms with E-state index in [1.54, 1.807) is 0 Å². The summed E-state index contributed by atoms with van der Waals surface area (Å²) in [5, 5.41) is 9.19. The van der Waals surface area contributed by atoms with Crippen molar-refractivity contribution in [3.05, 3.63) is 17.5 Å². The molecule has 6 heteroatoms. The predicted molar refractivity (Wildman–Crippen MR) is 88.3 cm³/mol. The van der Waals surface area contributed by atoms with E-state index in [2.05, 4.69) is 14.9 Å². The van der Waals surface area contributed by atoms with E-state index >= 15 is 0 Å². The van der Waals surface area contributed by atoms with Crippen LogP contribution in [0.3, 0.4) is 0 Å². The van der Waals surface area contributed by atoms with Crippen LogP contribution >= 0.6 is 0 Å². The average molecular weight is 318 g/mol. The van der Waals surface area contributed by atoms with Gasteiger partial charge < -0.3 is 14.9 Å². The van der Waals surface area contributed by atoms with Crippen LogP contribution in [-0.2, 0) is 4.79 Å². The minimum atomic E-state index is 0.0335. The van der Waals surface area contributed by atoms with Gasteiger partial charge in [0, 0.05) is 49.4 Å². The molecule has 2 aliphatic rings. The number of hydrogen-bond donors (Lipinski definition) is 1. The smallest absolute Gasteiger partial charge is 0.225 e. The summed E-state index contributed by atoms with van der Waals surface area (Å²) in [4.78, 5) is 25.3. The van der Waals surface area contributed by atoms with Crippen molar-refractivity contribution in [3.8, 4) is 0 Å². The number of aliphatic hydroxyl groups excluding tert-OH is 1. The number of carbonyl (C=O) groups is 1. The Labute approximate surface area is 137 Å². The highest BCUT2D eigenvalue weighted by atomic mass is 16.3. The molecular formula is C17H26N4O2. The molecular weight excluding hydrogens is 292 g/mol. The number of carbonyl (C=O) groups excluding carboxylic acids is 1. The maximum Gasteiger partial charge on any atom is 0.225 e. The molecule has 0 aromatic carbocycles. The lowest BCUT2D eigenvalue weighted by Crippen LogP contribution is -2.54. The number of likely N-dealkylation sites (tertiary alicyclic amines) is 1. The molecule has 3 rings (SSSR count). The molecule has 126 valence electrons. The van der Waals surface area contributed by atoms with Crippen LogP contribution in [-0.4, -0.2) is 58.7 Å². The van der Waals surface area contributed by atoms with Gasteiger partial charge in [-0.2, -0.15) is 0 Å². The quantitative estimate of drug-likeness (QED) is 0.909. The Kier molecular flexibility index (Phi) is 4.53. The molecule has 0 saturated carbocycles. The zero-order chi connectivity index (χ0) is 16.4. The van der Waals surface area contributed by atoms with Gasteiger partial charge in [-0.1, -0.05) is 0 Å². The lowest BCUT2D eigenvalue weighted by atomic mass is 9.73. The van der Waals surface area contributed by atoms with Crippen molar-refractivity contribution in [2.24, 2.45) is 5.41 Å². The molecule has 1 aromatic heterocycles. The van der Waals surface area contributed by atoms with Gasteiger partial charge >= 0.3 is 0 Å². The number of amides is 1. The monoisotopic (exact) mass is 318 g/mol. The topological polar surface area (TPSA) is 69.6 Å². The average Bonchev–Trinajstić information content (AvgIpc) is 2.51. The van der Waals surface area contributed by atoms with Crippen molar-refractivity contribution >= 4 is 11.9 Å². The Morgan fingerprint density at radius 2 is 1.96 bits per heavy atom. The van der Waals surface area contributed by atoms with Crippen LogP contribution in [0.15, 0.2) is 6.07 Å². The summed E-state index contributed by atoms with van der Waals surface area (Å²) < 4.78 is 0. The SMILES string of the molecule is Cc1cc(C)nc(N2CCCC3(CCC(=O)N(CCO)C3)C2)n1. The second-order valence-electron chi connectivity index (χ2n) is 7.01.